The van der Waals surface area contributed by atoms with Crippen LogP contribution in [-0.2, 0) is 0 Å². The highest BCUT2D eigenvalue weighted by Crippen LogP contribution is 2.41. The zero-order valence-corrected chi connectivity index (χ0v) is 4.30. The lowest BCUT2D eigenvalue weighted by atomic mass is 9.76. The molecule has 0 aliphatic heterocycles. The molecule has 0 nitrogen and oxygen atoms in total. The molecule has 38 valence electrons. The predicted octanol–water partition coefficient (Wildman–Crippen LogP) is 1.97. The van der Waals surface area contributed by atoms with Gasteiger partial charge in [0.15, 0.2) is 0 Å². The molecule has 0 heterocycles. The molecule has 0 saturated heterocycles. The Hall–Kier alpha value is -0.260. The van der Waals surface area contributed by atoms with E-state index in [-0.39, 0.29) is 6.40 Å². The third-order valence-corrected chi connectivity index (χ3v) is 2.05. The molecule has 1 fully saturated rings. The Labute approximate surface area is 45.6 Å². The van der Waals surface area contributed by atoms with Gasteiger partial charge in [-0.1, -0.05) is 12.2 Å². The summed E-state index contributed by atoms with van der Waals surface area (Å²) in [7, 11) is 0. The van der Waals surface area contributed by atoms with E-state index in [0.717, 1.165) is 12.3 Å². The zero-order valence-electron chi connectivity index (χ0n) is 5.30. The van der Waals surface area contributed by atoms with Gasteiger partial charge in [0.25, 0.3) is 0 Å². The van der Waals surface area contributed by atoms with Crippen LogP contribution in [0.4, 0.5) is 0 Å². The van der Waals surface area contributed by atoms with E-state index in [1.54, 1.807) is 0 Å². The van der Waals surface area contributed by atoms with E-state index in [0.29, 0.717) is 5.92 Å². The molecule has 3 atom stereocenters. The Morgan fingerprint density at radius 2 is 2.71 bits per heavy atom. The van der Waals surface area contributed by atoms with Crippen molar-refractivity contribution in [2.24, 2.45) is 11.8 Å². The fourth-order valence-corrected chi connectivity index (χ4v) is 1.39. The maximum atomic E-state index is 7.39. The largest absolute Gasteiger partial charge is 0.0880 e. The normalized spacial score (nSPS) is 58.3. The van der Waals surface area contributed by atoms with Gasteiger partial charge in [-0.3, -0.25) is 0 Å². The van der Waals surface area contributed by atoms with E-state index in [9.17, 15) is 0 Å². The van der Waals surface area contributed by atoms with Crippen molar-refractivity contribution in [3.8, 4) is 0 Å². The van der Waals surface area contributed by atoms with Crippen LogP contribution in [0, 0.1) is 11.8 Å². The molecule has 0 radical (unpaired) electrons. The first-order valence-corrected chi connectivity index (χ1v) is 2.97. The predicted molar refractivity (Wildman–Crippen MR) is 30.0 cm³/mol. The molecular weight excluding hydrogens is 84.1 g/mol. The fourth-order valence-electron chi connectivity index (χ4n) is 1.39. The van der Waals surface area contributed by atoms with Gasteiger partial charge in [-0.05, 0) is 31.1 Å². The van der Waals surface area contributed by atoms with Gasteiger partial charge in [0.2, 0.25) is 0 Å². The van der Waals surface area contributed by atoms with Crippen molar-refractivity contribution in [2.45, 2.75) is 19.2 Å². The Bertz CT molecular complexity index is 128. The smallest absolute Gasteiger partial charge is 0.0273 e. The maximum absolute atomic E-state index is 7.39. The van der Waals surface area contributed by atoms with Crippen LogP contribution >= 0.6 is 0 Å². The molecule has 0 unspecified atom stereocenters. The van der Waals surface area contributed by atoms with Crippen molar-refractivity contribution in [1.29, 1.82) is 0 Å². The molecule has 0 heteroatoms. The Morgan fingerprint density at radius 1 is 1.71 bits per heavy atom. The second-order valence-electron chi connectivity index (χ2n) is 2.47. The lowest BCUT2D eigenvalue weighted by molar-refractivity contribution is 0.249. The fraction of sp³-hybridized carbons (Fsp3) is 0.714. The van der Waals surface area contributed by atoms with Gasteiger partial charge >= 0.3 is 0 Å². The minimum Gasteiger partial charge on any atom is -0.0880 e. The first kappa shape index (κ1) is 2.91. The molecule has 2 aliphatic rings. The van der Waals surface area contributed by atoms with Crippen LogP contribution in [0.15, 0.2) is 12.2 Å². The van der Waals surface area contributed by atoms with Gasteiger partial charge in [-0.15, -0.1) is 0 Å². The Kier molecular flexibility index (Phi) is 0.464. The van der Waals surface area contributed by atoms with Crippen LogP contribution in [0.3, 0.4) is 0 Å². The van der Waals surface area contributed by atoms with Crippen LogP contribution in [0.25, 0.3) is 0 Å². The van der Waals surface area contributed by atoms with Crippen LogP contribution in [-0.4, -0.2) is 0 Å². The highest BCUT2D eigenvalue weighted by Gasteiger charge is 2.30. The van der Waals surface area contributed by atoms with Crippen molar-refractivity contribution in [3.63, 3.8) is 0 Å². The second kappa shape index (κ2) is 1.12. The number of hydrogen-bond acceptors (Lipinski definition) is 0. The summed E-state index contributed by atoms with van der Waals surface area (Å²) in [5.74, 6) is 1.52. The van der Waals surface area contributed by atoms with Gasteiger partial charge in [-0.2, -0.15) is 0 Å². The molecule has 0 spiro atoms. The third-order valence-electron chi connectivity index (χ3n) is 2.05. The van der Waals surface area contributed by atoms with Crippen LogP contribution < -0.4 is 0 Å². The summed E-state index contributed by atoms with van der Waals surface area (Å²) in [6, 6.07) is 0. The average molecular weight is 95.2 g/mol. The molecule has 2 aliphatic carbocycles. The highest BCUT2D eigenvalue weighted by atomic mass is 14.3. The number of fused-ring (bicyclic) bond motifs is 1. The van der Waals surface area contributed by atoms with Gasteiger partial charge < -0.3 is 0 Å². The van der Waals surface area contributed by atoms with Gasteiger partial charge in [0.1, 0.15) is 0 Å². The van der Waals surface area contributed by atoms with Gasteiger partial charge in [-0.25, -0.2) is 0 Å². The van der Waals surface area contributed by atoms with Crippen LogP contribution in [0.1, 0.15) is 20.6 Å². The molecule has 0 N–H and O–H groups in total. The minimum atomic E-state index is 0.249. The van der Waals surface area contributed by atoms with Crippen molar-refractivity contribution in [2.75, 3.05) is 0 Å². The summed E-state index contributed by atoms with van der Waals surface area (Å²) in [5.41, 5.74) is 0. The molecular formula is C7H10. The topological polar surface area (TPSA) is 0 Å². The Balaban J connectivity index is 2.10. The maximum Gasteiger partial charge on any atom is 0.0273 e. The minimum absolute atomic E-state index is 0.249. The summed E-state index contributed by atoms with van der Waals surface area (Å²) in [6.07, 6.45) is 7.09. The monoisotopic (exact) mass is 95.1 g/mol. The SMILES string of the molecule is [2H][C@@H]1C[C@@H]2CC=C[C@@H]21. The molecule has 2 rings (SSSR count). The van der Waals surface area contributed by atoms with Crippen LogP contribution in [0.5, 0.6) is 0 Å². The molecule has 0 aromatic heterocycles. The highest BCUT2D eigenvalue weighted by molar-refractivity contribution is 5.05. The van der Waals surface area contributed by atoms with Crippen molar-refractivity contribution < 1.29 is 1.37 Å². The van der Waals surface area contributed by atoms with E-state index >= 15 is 0 Å². The molecule has 0 aromatic carbocycles. The zero-order chi connectivity index (χ0) is 5.56. The summed E-state index contributed by atoms with van der Waals surface area (Å²) < 4.78 is 7.39. The molecule has 7 heavy (non-hydrogen) atoms. The Morgan fingerprint density at radius 3 is 3.29 bits per heavy atom. The number of rotatable bonds is 0. The van der Waals surface area contributed by atoms with Crippen molar-refractivity contribution in [1.82, 2.24) is 0 Å². The summed E-state index contributed by atoms with van der Waals surface area (Å²) in [6.45, 7) is 0. The molecule has 0 aromatic rings. The van der Waals surface area contributed by atoms with Crippen LogP contribution in [0.2, 0.25) is 0 Å². The lowest BCUT2D eigenvalue weighted by Gasteiger charge is -2.29. The molecule has 1 saturated carbocycles. The summed E-state index contributed by atoms with van der Waals surface area (Å²) in [5, 5.41) is 0. The first-order chi connectivity index (χ1) is 3.88. The summed E-state index contributed by atoms with van der Waals surface area (Å²) in [4.78, 5) is 0. The van der Waals surface area contributed by atoms with Crippen molar-refractivity contribution in [3.05, 3.63) is 12.2 Å². The van der Waals surface area contributed by atoms with Gasteiger partial charge in [0.05, 0.1) is 0 Å². The van der Waals surface area contributed by atoms with E-state index in [1.165, 1.54) is 6.42 Å². The van der Waals surface area contributed by atoms with E-state index in [1.807, 2.05) is 0 Å². The third kappa shape index (κ3) is 0.370. The lowest BCUT2D eigenvalue weighted by Crippen LogP contribution is -2.18. The van der Waals surface area contributed by atoms with E-state index in [4.69, 9.17) is 1.37 Å². The van der Waals surface area contributed by atoms with Crippen molar-refractivity contribution >= 4 is 0 Å². The van der Waals surface area contributed by atoms with Gasteiger partial charge in [0, 0.05) is 1.37 Å². The molecule has 0 amide bonds. The number of allylic oxidation sites excluding steroid dienone is 2. The first-order valence-electron chi connectivity index (χ1n) is 3.54. The number of hydrogen-bond donors (Lipinski definition) is 0. The average Bonchev–Trinajstić information content (AvgIpc) is 2.09. The summed E-state index contributed by atoms with van der Waals surface area (Å²) >= 11 is 0. The standard InChI is InChI=1S/C7H10/c1-2-6-4-5-7(6)3-1/h1-2,6-7H,3-5H2/t6-,7+/m1/s1/i4D/t4-,6-,7+. The van der Waals surface area contributed by atoms with E-state index in [2.05, 4.69) is 12.2 Å². The quantitative estimate of drug-likeness (QED) is 0.403. The van der Waals surface area contributed by atoms with E-state index < -0.39 is 0 Å². The second-order valence-corrected chi connectivity index (χ2v) is 2.47. The molecule has 0 bridgehead atoms.